The van der Waals surface area contributed by atoms with Crippen LogP contribution in [0, 0.1) is 6.92 Å². The van der Waals surface area contributed by atoms with E-state index in [1.807, 2.05) is 50.2 Å². The highest BCUT2D eigenvalue weighted by atomic mass is 16.7. The lowest BCUT2D eigenvalue weighted by Crippen LogP contribution is -2.27. The largest absolute Gasteiger partial charge is 0.454 e. The molecular weight excluding hydrogens is 368 g/mol. The van der Waals surface area contributed by atoms with Gasteiger partial charge in [-0.2, -0.15) is 0 Å². The highest BCUT2D eigenvalue weighted by Crippen LogP contribution is 2.34. The number of fused-ring (bicyclic) bond motifs is 1. The quantitative estimate of drug-likeness (QED) is 0.712. The number of ether oxygens (including phenoxy) is 2. The van der Waals surface area contributed by atoms with Gasteiger partial charge in [-0.3, -0.25) is 4.79 Å². The maximum atomic E-state index is 12.8. The zero-order valence-electron chi connectivity index (χ0n) is 17.0. The van der Waals surface area contributed by atoms with Crippen molar-refractivity contribution in [1.82, 2.24) is 20.1 Å². The third-order valence-corrected chi connectivity index (χ3v) is 5.00. The van der Waals surface area contributed by atoms with Gasteiger partial charge in [0.15, 0.2) is 11.5 Å². The minimum absolute atomic E-state index is 0.147. The van der Waals surface area contributed by atoms with E-state index in [9.17, 15) is 4.79 Å². The Morgan fingerprint density at radius 3 is 2.66 bits per heavy atom. The van der Waals surface area contributed by atoms with E-state index in [2.05, 4.69) is 35.3 Å². The average molecular weight is 392 g/mol. The summed E-state index contributed by atoms with van der Waals surface area (Å²) in [5.74, 6) is 2.23. The molecule has 7 heteroatoms. The third-order valence-electron chi connectivity index (χ3n) is 5.00. The molecule has 0 spiro atoms. The molecular formula is C22H24N4O3. The predicted molar refractivity (Wildman–Crippen MR) is 109 cm³/mol. The standard InChI is InChI=1S/C22H24N4O3/c1-13(2)17-7-5-6-8-18(17)26-15(4)24-21(25-26)22(27)23-14(3)16-9-10-19-20(11-16)29-12-28-19/h5-11,13-14H,12H2,1-4H3,(H,23,27). The molecule has 1 aliphatic rings. The summed E-state index contributed by atoms with van der Waals surface area (Å²) in [6.07, 6.45) is 0. The van der Waals surface area contributed by atoms with Crippen LogP contribution in [0.5, 0.6) is 11.5 Å². The van der Waals surface area contributed by atoms with Crippen molar-refractivity contribution in [3.05, 3.63) is 65.2 Å². The molecule has 2 aromatic carbocycles. The van der Waals surface area contributed by atoms with Crippen LogP contribution in [0.1, 0.15) is 60.3 Å². The van der Waals surface area contributed by atoms with E-state index >= 15 is 0 Å². The van der Waals surface area contributed by atoms with Gasteiger partial charge in [0, 0.05) is 0 Å². The SMILES string of the molecule is Cc1nc(C(=O)NC(C)c2ccc3c(c2)OCO3)nn1-c1ccccc1C(C)C. The Kier molecular flexibility index (Phi) is 4.96. The van der Waals surface area contributed by atoms with Crippen molar-refractivity contribution < 1.29 is 14.3 Å². The topological polar surface area (TPSA) is 78.3 Å². The first-order chi connectivity index (χ1) is 13.9. The number of para-hydroxylation sites is 1. The van der Waals surface area contributed by atoms with E-state index in [0.717, 1.165) is 16.8 Å². The van der Waals surface area contributed by atoms with Crippen molar-refractivity contribution in [3.63, 3.8) is 0 Å². The summed E-state index contributed by atoms with van der Waals surface area (Å²) < 4.78 is 12.5. The normalized spacial score (nSPS) is 13.6. The van der Waals surface area contributed by atoms with Gasteiger partial charge in [0.1, 0.15) is 5.82 Å². The zero-order valence-corrected chi connectivity index (χ0v) is 17.0. The number of amides is 1. The summed E-state index contributed by atoms with van der Waals surface area (Å²) in [5, 5.41) is 7.44. The number of benzene rings is 2. The fourth-order valence-electron chi connectivity index (χ4n) is 3.41. The van der Waals surface area contributed by atoms with Crippen LogP contribution in [0.4, 0.5) is 0 Å². The van der Waals surface area contributed by atoms with E-state index in [0.29, 0.717) is 23.2 Å². The summed E-state index contributed by atoms with van der Waals surface area (Å²) in [5.41, 5.74) is 3.01. The van der Waals surface area contributed by atoms with Crippen LogP contribution >= 0.6 is 0 Å². The molecule has 0 saturated carbocycles. The number of hydrogen-bond donors (Lipinski definition) is 1. The molecule has 29 heavy (non-hydrogen) atoms. The van der Waals surface area contributed by atoms with Crippen LogP contribution in [0.25, 0.3) is 5.69 Å². The number of nitrogens with one attached hydrogen (secondary N) is 1. The first-order valence-electron chi connectivity index (χ1n) is 9.67. The van der Waals surface area contributed by atoms with Gasteiger partial charge in [-0.05, 0) is 49.1 Å². The van der Waals surface area contributed by atoms with E-state index in [1.54, 1.807) is 4.68 Å². The summed E-state index contributed by atoms with van der Waals surface area (Å²) in [4.78, 5) is 17.2. The smallest absolute Gasteiger partial charge is 0.291 e. The van der Waals surface area contributed by atoms with Crippen molar-refractivity contribution in [1.29, 1.82) is 0 Å². The molecule has 1 N–H and O–H groups in total. The van der Waals surface area contributed by atoms with Crippen LogP contribution in [0.3, 0.4) is 0 Å². The number of nitrogens with zero attached hydrogens (tertiary/aromatic N) is 3. The first kappa shape index (κ1) is 19.0. The lowest BCUT2D eigenvalue weighted by molar-refractivity contribution is 0.0929. The first-order valence-corrected chi connectivity index (χ1v) is 9.67. The summed E-state index contributed by atoms with van der Waals surface area (Å²) in [6.45, 7) is 8.24. The molecule has 3 aromatic rings. The molecule has 0 radical (unpaired) electrons. The fraction of sp³-hybridized carbons (Fsp3) is 0.318. The van der Waals surface area contributed by atoms with Crippen molar-refractivity contribution in [2.24, 2.45) is 0 Å². The molecule has 0 saturated heterocycles. The number of rotatable bonds is 5. The maximum Gasteiger partial charge on any atom is 0.291 e. The molecule has 1 amide bonds. The van der Waals surface area contributed by atoms with Gasteiger partial charge < -0.3 is 14.8 Å². The van der Waals surface area contributed by atoms with Crippen LogP contribution in [-0.2, 0) is 0 Å². The second-order valence-corrected chi connectivity index (χ2v) is 7.42. The van der Waals surface area contributed by atoms with Crippen molar-refractivity contribution in [2.45, 2.75) is 39.7 Å². The van der Waals surface area contributed by atoms with Crippen LogP contribution < -0.4 is 14.8 Å². The van der Waals surface area contributed by atoms with Crippen LogP contribution in [0.2, 0.25) is 0 Å². The minimum Gasteiger partial charge on any atom is -0.454 e. The van der Waals surface area contributed by atoms with Gasteiger partial charge in [0.25, 0.3) is 5.91 Å². The predicted octanol–water partition coefficient (Wildman–Crippen LogP) is 3.92. The van der Waals surface area contributed by atoms with Gasteiger partial charge in [-0.25, -0.2) is 9.67 Å². The number of carbonyl (C=O) groups excluding carboxylic acids is 1. The number of carbonyl (C=O) groups is 1. The van der Waals surface area contributed by atoms with E-state index < -0.39 is 0 Å². The monoisotopic (exact) mass is 392 g/mol. The van der Waals surface area contributed by atoms with E-state index in [-0.39, 0.29) is 24.6 Å². The molecule has 0 aliphatic carbocycles. The summed E-state index contributed by atoms with van der Waals surface area (Å²) in [6, 6.07) is 13.4. The Hall–Kier alpha value is -3.35. The summed E-state index contributed by atoms with van der Waals surface area (Å²) in [7, 11) is 0. The van der Waals surface area contributed by atoms with Crippen molar-refractivity contribution in [3.8, 4) is 17.2 Å². The fourth-order valence-corrected chi connectivity index (χ4v) is 3.41. The van der Waals surface area contributed by atoms with Crippen molar-refractivity contribution in [2.75, 3.05) is 6.79 Å². The Morgan fingerprint density at radius 1 is 1.10 bits per heavy atom. The lowest BCUT2D eigenvalue weighted by Gasteiger charge is -2.14. The second kappa shape index (κ2) is 7.58. The highest BCUT2D eigenvalue weighted by Gasteiger charge is 2.21. The summed E-state index contributed by atoms with van der Waals surface area (Å²) >= 11 is 0. The highest BCUT2D eigenvalue weighted by molar-refractivity contribution is 5.90. The Bertz CT molecular complexity index is 1060. The number of hydrogen-bond acceptors (Lipinski definition) is 5. The molecule has 1 atom stereocenters. The number of aryl methyl sites for hydroxylation is 1. The van der Waals surface area contributed by atoms with Gasteiger partial charge >= 0.3 is 0 Å². The van der Waals surface area contributed by atoms with Gasteiger partial charge in [0.2, 0.25) is 12.6 Å². The molecule has 1 aliphatic heterocycles. The van der Waals surface area contributed by atoms with Gasteiger partial charge in [-0.15, -0.1) is 5.10 Å². The van der Waals surface area contributed by atoms with Gasteiger partial charge in [-0.1, -0.05) is 38.1 Å². The maximum absolute atomic E-state index is 12.8. The molecule has 0 bridgehead atoms. The van der Waals surface area contributed by atoms with E-state index in [4.69, 9.17) is 9.47 Å². The van der Waals surface area contributed by atoms with Crippen LogP contribution in [0.15, 0.2) is 42.5 Å². The molecule has 2 heterocycles. The Morgan fingerprint density at radius 2 is 1.86 bits per heavy atom. The lowest BCUT2D eigenvalue weighted by atomic mass is 10.0. The molecule has 1 aromatic heterocycles. The zero-order chi connectivity index (χ0) is 20.5. The molecule has 4 rings (SSSR count). The molecule has 150 valence electrons. The number of aromatic nitrogens is 3. The molecule has 1 unspecified atom stereocenters. The Balaban J connectivity index is 1.55. The Labute approximate surface area is 169 Å². The molecule has 7 nitrogen and oxygen atoms in total. The third kappa shape index (κ3) is 3.68. The molecule has 0 fully saturated rings. The minimum atomic E-state index is -0.320. The van der Waals surface area contributed by atoms with Crippen molar-refractivity contribution >= 4 is 5.91 Å². The second-order valence-electron chi connectivity index (χ2n) is 7.42. The average Bonchev–Trinajstić information content (AvgIpc) is 3.33. The van der Waals surface area contributed by atoms with Gasteiger partial charge in [0.05, 0.1) is 11.7 Å². The van der Waals surface area contributed by atoms with E-state index in [1.165, 1.54) is 0 Å². The van der Waals surface area contributed by atoms with Crippen LogP contribution in [-0.4, -0.2) is 27.5 Å².